The van der Waals surface area contributed by atoms with Crippen LogP contribution in [0.25, 0.3) is 0 Å². The molecule has 4 nitrogen and oxygen atoms in total. The van der Waals surface area contributed by atoms with Gasteiger partial charge in [-0.1, -0.05) is 26.8 Å². The van der Waals surface area contributed by atoms with E-state index >= 15 is 0 Å². The van der Waals surface area contributed by atoms with Crippen molar-refractivity contribution in [3.63, 3.8) is 0 Å². The highest BCUT2D eigenvalue weighted by Crippen LogP contribution is 2.48. The highest BCUT2D eigenvalue weighted by atomic mass is 16.6. The molecule has 4 heterocycles. The summed E-state index contributed by atoms with van der Waals surface area (Å²) in [6.07, 6.45) is 6.59. The molecule has 4 heteroatoms. The summed E-state index contributed by atoms with van der Waals surface area (Å²) in [6.45, 7) is 10.8. The standard InChI is InChI=1S/C20H30O4/c1-11-6-5-7-12(2)17-18-14(13(3)19(21)23-18)10-16(22-17)20(4)9-8-15(11)24-20/h11-12,14-18H,3,5-10H2,1-2,4H3/t11-,12+,14+,15+,16+,17+,18-,20-/m1/s1. The van der Waals surface area contributed by atoms with Crippen molar-refractivity contribution in [1.29, 1.82) is 0 Å². The minimum atomic E-state index is -0.252. The first kappa shape index (κ1) is 16.6. The maximum Gasteiger partial charge on any atom is 0.334 e. The van der Waals surface area contributed by atoms with Gasteiger partial charge in [-0.15, -0.1) is 0 Å². The van der Waals surface area contributed by atoms with Crippen LogP contribution in [-0.2, 0) is 19.0 Å². The van der Waals surface area contributed by atoms with Crippen LogP contribution in [0.4, 0.5) is 0 Å². The molecular weight excluding hydrogens is 304 g/mol. The number of esters is 1. The molecule has 8 atom stereocenters. The number of carbonyl (C=O) groups is 1. The van der Waals surface area contributed by atoms with Crippen LogP contribution < -0.4 is 0 Å². The Morgan fingerprint density at radius 3 is 2.67 bits per heavy atom. The van der Waals surface area contributed by atoms with E-state index in [2.05, 4.69) is 27.4 Å². The third kappa shape index (κ3) is 2.53. The third-order valence-corrected chi connectivity index (χ3v) is 7.00. The molecule has 4 saturated heterocycles. The lowest BCUT2D eigenvalue weighted by atomic mass is 9.76. The molecule has 0 aliphatic carbocycles. The lowest BCUT2D eigenvalue weighted by Gasteiger charge is -2.45. The summed E-state index contributed by atoms with van der Waals surface area (Å²) in [7, 11) is 0. The summed E-state index contributed by atoms with van der Waals surface area (Å²) in [6, 6.07) is 0. The fraction of sp³-hybridized carbons (Fsp3) is 0.850. The molecule has 4 bridgehead atoms. The van der Waals surface area contributed by atoms with Gasteiger partial charge in [-0.05, 0) is 50.9 Å². The number of ether oxygens (including phenoxy) is 3. The van der Waals surface area contributed by atoms with Gasteiger partial charge in [0.25, 0.3) is 0 Å². The molecule has 134 valence electrons. The van der Waals surface area contributed by atoms with Gasteiger partial charge in [-0.3, -0.25) is 0 Å². The quantitative estimate of drug-likeness (QED) is 0.501. The smallest absolute Gasteiger partial charge is 0.334 e. The van der Waals surface area contributed by atoms with Crippen LogP contribution in [0.15, 0.2) is 12.2 Å². The van der Waals surface area contributed by atoms with Gasteiger partial charge in [0.2, 0.25) is 0 Å². The van der Waals surface area contributed by atoms with Gasteiger partial charge in [0.1, 0.15) is 6.10 Å². The van der Waals surface area contributed by atoms with Gasteiger partial charge in [0.05, 0.1) is 23.9 Å². The molecule has 0 aromatic rings. The SMILES string of the molecule is C=C1C(=O)O[C@H]2[C@H]3O[C@@H](C[C@@H]12)[C@@]1(C)CC[C@H](O1)[C@H](C)CCC[C@@H]3C. The Morgan fingerprint density at radius 2 is 1.88 bits per heavy atom. The van der Waals surface area contributed by atoms with Gasteiger partial charge < -0.3 is 14.2 Å². The van der Waals surface area contributed by atoms with Crippen molar-refractivity contribution < 1.29 is 19.0 Å². The number of fused-ring (bicyclic) bond motifs is 7. The zero-order valence-electron chi connectivity index (χ0n) is 15.1. The summed E-state index contributed by atoms with van der Waals surface area (Å²) >= 11 is 0. The molecule has 0 amide bonds. The predicted molar refractivity (Wildman–Crippen MR) is 90.5 cm³/mol. The van der Waals surface area contributed by atoms with E-state index < -0.39 is 0 Å². The molecule has 0 radical (unpaired) electrons. The van der Waals surface area contributed by atoms with Crippen LogP contribution in [0.2, 0.25) is 0 Å². The molecular formula is C20H30O4. The Balaban J connectivity index is 1.67. The summed E-state index contributed by atoms with van der Waals surface area (Å²) in [5, 5.41) is 0. The van der Waals surface area contributed by atoms with Crippen LogP contribution in [0.5, 0.6) is 0 Å². The summed E-state index contributed by atoms with van der Waals surface area (Å²) in [5.41, 5.74) is 0.380. The summed E-state index contributed by atoms with van der Waals surface area (Å²) in [5.74, 6) is 0.833. The zero-order valence-corrected chi connectivity index (χ0v) is 15.1. The molecule has 0 spiro atoms. The van der Waals surface area contributed by atoms with Crippen LogP contribution >= 0.6 is 0 Å². The molecule has 4 rings (SSSR count). The molecule has 24 heavy (non-hydrogen) atoms. The van der Waals surface area contributed by atoms with E-state index in [4.69, 9.17) is 14.2 Å². The fourth-order valence-electron chi connectivity index (χ4n) is 5.25. The Kier molecular flexibility index (Phi) is 4.04. The minimum Gasteiger partial charge on any atom is -0.456 e. The van der Waals surface area contributed by atoms with Gasteiger partial charge >= 0.3 is 5.97 Å². The Morgan fingerprint density at radius 1 is 1.12 bits per heavy atom. The monoisotopic (exact) mass is 334 g/mol. The maximum atomic E-state index is 12.1. The van der Waals surface area contributed by atoms with Crippen LogP contribution in [0, 0.1) is 17.8 Å². The molecule has 0 aromatic carbocycles. The van der Waals surface area contributed by atoms with E-state index in [1.54, 1.807) is 0 Å². The topological polar surface area (TPSA) is 44.8 Å². The van der Waals surface area contributed by atoms with Gasteiger partial charge in [0, 0.05) is 11.5 Å². The van der Waals surface area contributed by atoms with E-state index in [1.165, 1.54) is 12.8 Å². The maximum absolute atomic E-state index is 12.1. The van der Waals surface area contributed by atoms with Crippen LogP contribution in [0.1, 0.15) is 59.3 Å². The summed E-state index contributed by atoms with van der Waals surface area (Å²) < 4.78 is 18.8. The van der Waals surface area contributed by atoms with E-state index in [0.29, 0.717) is 23.5 Å². The second-order valence-electron chi connectivity index (χ2n) is 8.72. The van der Waals surface area contributed by atoms with Gasteiger partial charge in [-0.25, -0.2) is 4.79 Å². The van der Waals surface area contributed by atoms with Gasteiger partial charge in [0.15, 0.2) is 0 Å². The Hall–Kier alpha value is -0.870. The Bertz CT molecular complexity index is 544. The second-order valence-corrected chi connectivity index (χ2v) is 8.72. The fourth-order valence-corrected chi connectivity index (χ4v) is 5.25. The van der Waals surface area contributed by atoms with Crippen molar-refractivity contribution in [2.24, 2.45) is 17.8 Å². The van der Waals surface area contributed by atoms with E-state index in [9.17, 15) is 4.79 Å². The van der Waals surface area contributed by atoms with E-state index in [0.717, 1.165) is 25.7 Å². The molecule has 4 aliphatic rings. The molecule has 4 aliphatic heterocycles. The predicted octanol–water partition coefficient (Wildman–Crippen LogP) is 3.64. The highest BCUT2D eigenvalue weighted by Gasteiger charge is 2.55. The average Bonchev–Trinajstić information content (AvgIpc) is 3.08. The minimum absolute atomic E-state index is 0.0211. The highest BCUT2D eigenvalue weighted by molar-refractivity contribution is 5.91. The van der Waals surface area contributed by atoms with E-state index in [-0.39, 0.29) is 35.8 Å². The molecule has 0 N–H and O–H groups in total. The number of rotatable bonds is 0. The third-order valence-electron chi connectivity index (χ3n) is 7.00. The molecule has 0 saturated carbocycles. The van der Waals surface area contributed by atoms with Crippen molar-refractivity contribution in [1.82, 2.24) is 0 Å². The van der Waals surface area contributed by atoms with Gasteiger partial charge in [-0.2, -0.15) is 0 Å². The Labute approximate surface area is 144 Å². The van der Waals surface area contributed by atoms with Crippen molar-refractivity contribution >= 4 is 5.97 Å². The van der Waals surface area contributed by atoms with E-state index in [1.807, 2.05) is 0 Å². The first-order valence-corrected chi connectivity index (χ1v) is 9.62. The number of hydrogen-bond donors (Lipinski definition) is 0. The lowest BCUT2D eigenvalue weighted by molar-refractivity contribution is -0.216. The average molecular weight is 334 g/mol. The zero-order chi connectivity index (χ0) is 17.1. The first-order chi connectivity index (χ1) is 11.4. The molecule has 4 fully saturated rings. The number of carbonyl (C=O) groups excluding carboxylic acids is 1. The molecule has 0 aromatic heterocycles. The first-order valence-electron chi connectivity index (χ1n) is 9.62. The lowest BCUT2D eigenvalue weighted by Crippen LogP contribution is -2.54. The summed E-state index contributed by atoms with van der Waals surface area (Å²) in [4.78, 5) is 12.1. The van der Waals surface area contributed by atoms with Crippen LogP contribution in [0.3, 0.4) is 0 Å². The van der Waals surface area contributed by atoms with Crippen molar-refractivity contribution in [3.8, 4) is 0 Å². The van der Waals surface area contributed by atoms with Crippen molar-refractivity contribution in [2.75, 3.05) is 0 Å². The second kappa shape index (κ2) is 5.84. The number of hydrogen-bond acceptors (Lipinski definition) is 4. The molecule has 0 unspecified atom stereocenters. The largest absolute Gasteiger partial charge is 0.456 e. The normalized spacial score (nSPS) is 51.7. The van der Waals surface area contributed by atoms with Crippen molar-refractivity contribution in [2.45, 2.75) is 89.3 Å². The van der Waals surface area contributed by atoms with Crippen LogP contribution in [-0.4, -0.2) is 36.0 Å². The van der Waals surface area contributed by atoms with Crippen molar-refractivity contribution in [3.05, 3.63) is 12.2 Å².